The fraction of sp³-hybridized carbons (Fsp3) is 0.400. The van der Waals surface area contributed by atoms with Crippen molar-refractivity contribution in [2.45, 2.75) is 6.10 Å². The van der Waals surface area contributed by atoms with Crippen molar-refractivity contribution in [1.29, 1.82) is 0 Å². The van der Waals surface area contributed by atoms with Gasteiger partial charge >= 0.3 is 0 Å². The van der Waals surface area contributed by atoms with Crippen molar-refractivity contribution in [3.05, 3.63) is 34.2 Å². The topological polar surface area (TPSA) is 87.5 Å². The van der Waals surface area contributed by atoms with Gasteiger partial charge in [-0.15, -0.1) is 0 Å². The molecule has 0 aliphatic rings. The molecule has 0 amide bonds. The van der Waals surface area contributed by atoms with Crippen LogP contribution in [0, 0.1) is 0 Å². The number of hydrogen-bond donors (Lipinski definition) is 1. The number of rotatable bonds is 5. The van der Waals surface area contributed by atoms with E-state index < -0.39 is 6.10 Å². The van der Waals surface area contributed by atoms with Gasteiger partial charge in [-0.3, -0.25) is 0 Å². The molecule has 0 saturated heterocycles. The van der Waals surface area contributed by atoms with Crippen LogP contribution >= 0.6 is 0 Å². The number of benzene rings is 1. The van der Waals surface area contributed by atoms with Crippen molar-refractivity contribution in [3.8, 4) is 11.5 Å². The van der Waals surface area contributed by atoms with Crippen LogP contribution in [-0.4, -0.2) is 25.9 Å². The van der Waals surface area contributed by atoms with Crippen LogP contribution in [0.15, 0.2) is 23.3 Å². The fourth-order valence-corrected chi connectivity index (χ4v) is 1.31. The Morgan fingerprint density at radius 1 is 1.44 bits per heavy atom. The van der Waals surface area contributed by atoms with Crippen molar-refractivity contribution in [1.82, 2.24) is 0 Å². The molecule has 0 aliphatic carbocycles. The van der Waals surface area contributed by atoms with Crippen molar-refractivity contribution in [2.24, 2.45) is 5.11 Å². The van der Waals surface area contributed by atoms with Crippen LogP contribution in [0.5, 0.6) is 11.5 Å². The average molecular weight is 223 g/mol. The molecule has 16 heavy (non-hydrogen) atoms. The van der Waals surface area contributed by atoms with Crippen LogP contribution in [0.3, 0.4) is 0 Å². The number of nitrogens with zero attached hydrogens (tertiary/aromatic N) is 3. The first-order chi connectivity index (χ1) is 7.72. The molecule has 0 aromatic heterocycles. The lowest BCUT2D eigenvalue weighted by Crippen LogP contribution is -2.04. The summed E-state index contributed by atoms with van der Waals surface area (Å²) in [4.78, 5) is 2.59. The molecule has 0 heterocycles. The molecule has 6 heteroatoms. The van der Waals surface area contributed by atoms with Crippen LogP contribution < -0.4 is 9.47 Å². The highest BCUT2D eigenvalue weighted by Gasteiger charge is 2.13. The van der Waals surface area contributed by atoms with Gasteiger partial charge in [0.2, 0.25) is 0 Å². The molecule has 0 fully saturated rings. The van der Waals surface area contributed by atoms with Crippen LogP contribution in [0.1, 0.15) is 11.7 Å². The number of hydrogen-bond acceptors (Lipinski definition) is 4. The van der Waals surface area contributed by atoms with Crippen molar-refractivity contribution in [2.75, 3.05) is 20.8 Å². The molecule has 0 radical (unpaired) electrons. The van der Waals surface area contributed by atoms with E-state index in [4.69, 9.17) is 15.0 Å². The summed E-state index contributed by atoms with van der Waals surface area (Å²) in [6.45, 7) is -0.0416. The van der Waals surface area contributed by atoms with Gasteiger partial charge in [-0.25, -0.2) is 0 Å². The summed E-state index contributed by atoms with van der Waals surface area (Å²) >= 11 is 0. The number of aliphatic hydroxyl groups excluding tert-OH is 1. The Morgan fingerprint density at radius 2 is 2.19 bits per heavy atom. The third kappa shape index (κ3) is 2.79. The standard InChI is InChI=1S/C10H13N3O3/c1-15-7-3-4-10(16-2)8(5-7)9(14)6-12-13-11/h3-5,9,14H,6H2,1-2H3. The van der Waals surface area contributed by atoms with Crippen molar-refractivity contribution < 1.29 is 14.6 Å². The van der Waals surface area contributed by atoms with Gasteiger partial charge in [0, 0.05) is 10.5 Å². The summed E-state index contributed by atoms with van der Waals surface area (Å²) in [5, 5.41) is 13.1. The molecule has 6 nitrogen and oxygen atoms in total. The summed E-state index contributed by atoms with van der Waals surface area (Å²) in [6.07, 6.45) is -0.902. The number of methoxy groups -OCH3 is 2. The second-order valence-corrected chi connectivity index (χ2v) is 3.04. The number of aliphatic hydroxyl groups is 1. The minimum Gasteiger partial charge on any atom is -0.497 e. The van der Waals surface area contributed by atoms with E-state index in [0.717, 1.165) is 0 Å². The Morgan fingerprint density at radius 3 is 2.75 bits per heavy atom. The SMILES string of the molecule is COc1ccc(OC)c(C(O)CN=[N+]=[N-])c1. The zero-order chi connectivity index (χ0) is 12.0. The Hall–Kier alpha value is -1.91. The Bertz CT molecular complexity index is 402. The lowest BCUT2D eigenvalue weighted by Gasteiger charge is -2.14. The largest absolute Gasteiger partial charge is 0.497 e. The van der Waals surface area contributed by atoms with E-state index in [1.54, 1.807) is 18.2 Å². The Balaban J connectivity index is 3.02. The second-order valence-electron chi connectivity index (χ2n) is 3.04. The van der Waals surface area contributed by atoms with Gasteiger partial charge < -0.3 is 14.6 Å². The first-order valence-corrected chi connectivity index (χ1v) is 4.63. The first-order valence-electron chi connectivity index (χ1n) is 4.63. The summed E-state index contributed by atoms with van der Waals surface area (Å²) in [6, 6.07) is 5.06. The molecule has 1 unspecified atom stereocenters. The van der Waals surface area contributed by atoms with E-state index in [1.165, 1.54) is 14.2 Å². The number of azide groups is 1. The highest BCUT2D eigenvalue weighted by atomic mass is 16.5. The van der Waals surface area contributed by atoms with E-state index in [9.17, 15) is 5.11 Å². The molecule has 0 spiro atoms. The van der Waals surface area contributed by atoms with Crippen molar-refractivity contribution in [3.63, 3.8) is 0 Å². The highest BCUT2D eigenvalue weighted by Crippen LogP contribution is 2.29. The Kier molecular flexibility index (Phi) is 4.44. The smallest absolute Gasteiger partial charge is 0.124 e. The van der Waals surface area contributed by atoms with Gasteiger partial charge in [0.15, 0.2) is 0 Å². The van der Waals surface area contributed by atoms with Gasteiger partial charge in [0.05, 0.1) is 26.9 Å². The maximum Gasteiger partial charge on any atom is 0.124 e. The van der Waals surface area contributed by atoms with Crippen LogP contribution in [0.25, 0.3) is 10.4 Å². The van der Waals surface area contributed by atoms with E-state index in [0.29, 0.717) is 17.1 Å². The third-order valence-corrected chi connectivity index (χ3v) is 2.11. The van der Waals surface area contributed by atoms with E-state index >= 15 is 0 Å². The minimum absolute atomic E-state index is 0.0416. The monoisotopic (exact) mass is 223 g/mol. The molecule has 1 N–H and O–H groups in total. The number of ether oxygens (including phenoxy) is 2. The maximum absolute atomic E-state index is 9.78. The molecule has 1 aromatic carbocycles. The van der Waals surface area contributed by atoms with Gasteiger partial charge in [0.1, 0.15) is 11.5 Å². The molecular formula is C10H13N3O3. The van der Waals surface area contributed by atoms with E-state index in [-0.39, 0.29) is 6.54 Å². The molecule has 0 saturated carbocycles. The normalized spacial score (nSPS) is 11.4. The minimum atomic E-state index is -0.902. The second kappa shape index (κ2) is 5.85. The van der Waals surface area contributed by atoms with E-state index in [2.05, 4.69) is 10.0 Å². The predicted molar refractivity (Wildman–Crippen MR) is 58.5 cm³/mol. The third-order valence-electron chi connectivity index (χ3n) is 2.11. The highest BCUT2D eigenvalue weighted by molar-refractivity contribution is 5.41. The molecule has 0 aliphatic heterocycles. The quantitative estimate of drug-likeness (QED) is 0.470. The Labute approximate surface area is 93.0 Å². The summed E-state index contributed by atoms with van der Waals surface area (Å²) < 4.78 is 10.1. The zero-order valence-corrected chi connectivity index (χ0v) is 9.12. The lowest BCUT2D eigenvalue weighted by molar-refractivity contribution is 0.181. The molecule has 1 aromatic rings. The average Bonchev–Trinajstić information content (AvgIpc) is 2.35. The van der Waals surface area contributed by atoms with Gasteiger partial charge in [0.25, 0.3) is 0 Å². The predicted octanol–water partition coefficient (Wildman–Crippen LogP) is 2.05. The van der Waals surface area contributed by atoms with Crippen molar-refractivity contribution >= 4 is 0 Å². The summed E-state index contributed by atoms with van der Waals surface area (Å²) in [5.74, 6) is 1.14. The fourth-order valence-electron chi connectivity index (χ4n) is 1.31. The summed E-state index contributed by atoms with van der Waals surface area (Å²) in [7, 11) is 3.04. The molecule has 86 valence electrons. The van der Waals surface area contributed by atoms with Crippen LogP contribution in [-0.2, 0) is 0 Å². The molecule has 1 atom stereocenters. The lowest BCUT2D eigenvalue weighted by atomic mass is 10.1. The van der Waals surface area contributed by atoms with Gasteiger partial charge in [-0.1, -0.05) is 5.11 Å². The molecular weight excluding hydrogens is 210 g/mol. The summed E-state index contributed by atoms with van der Waals surface area (Å²) in [5.41, 5.74) is 8.72. The molecule has 1 rings (SSSR count). The maximum atomic E-state index is 9.78. The molecule has 0 bridgehead atoms. The van der Waals surface area contributed by atoms with Crippen LogP contribution in [0.4, 0.5) is 0 Å². The van der Waals surface area contributed by atoms with Crippen LogP contribution in [0.2, 0.25) is 0 Å². The van der Waals surface area contributed by atoms with E-state index in [1.807, 2.05) is 0 Å². The first kappa shape index (κ1) is 12.2. The van der Waals surface area contributed by atoms with Gasteiger partial charge in [-0.05, 0) is 23.7 Å². The van der Waals surface area contributed by atoms with Gasteiger partial charge in [-0.2, -0.15) is 0 Å². The zero-order valence-electron chi connectivity index (χ0n) is 9.12.